The monoisotopic (exact) mass is 404 g/mol. The highest BCUT2D eigenvalue weighted by Crippen LogP contribution is 2.43. The summed E-state index contributed by atoms with van der Waals surface area (Å²) in [4.78, 5) is 13.0. The van der Waals surface area contributed by atoms with Crippen molar-refractivity contribution in [2.24, 2.45) is 0 Å². The molecule has 1 heterocycles. The van der Waals surface area contributed by atoms with Gasteiger partial charge >= 0.3 is 0 Å². The molecule has 0 radical (unpaired) electrons. The molecule has 0 aliphatic carbocycles. The molecule has 6 heteroatoms. The molecular formula is C23H20N2O3S. The van der Waals surface area contributed by atoms with Gasteiger partial charge in [-0.2, -0.15) is 0 Å². The Bertz CT molecular complexity index is 1230. The molecule has 5 nitrogen and oxygen atoms in total. The smallest absolute Gasteiger partial charge is 0.265 e. The van der Waals surface area contributed by atoms with Crippen LogP contribution < -0.4 is 9.62 Å². The minimum Gasteiger partial charge on any atom is -0.322 e. The fraction of sp³-hybridized carbons (Fsp3) is 0.0870. The zero-order chi connectivity index (χ0) is 20.6. The minimum absolute atomic E-state index is 0.151. The highest BCUT2D eigenvalue weighted by molar-refractivity contribution is 7.93. The highest BCUT2D eigenvalue weighted by atomic mass is 32.2. The van der Waals surface area contributed by atoms with Crippen LogP contribution in [0.2, 0.25) is 0 Å². The second kappa shape index (κ2) is 7.22. The van der Waals surface area contributed by atoms with Crippen LogP contribution in [0.1, 0.15) is 15.9 Å². The van der Waals surface area contributed by atoms with E-state index in [-0.39, 0.29) is 17.3 Å². The van der Waals surface area contributed by atoms with Gasteiger partial charge in [-0.25, -0.2) is 8.42 Å². The zero-order valence-corrected chi connectivity index (χ0v) is 16.7. The van der Waals surface area contributed by atoms with Crippen molar-refractivity contribution in [3.63, 3.8) is 0 Å². The van der Waals surface area contributed by atoms with E-state index in [4.69, 9.17) is 0 Å². The van der Waals surface area contributed by atoms with Crippen LogP contribution in [0.15, 0.2) is 84.3 Å². The Morgan fingerprint density at radius 1 is 1.03 bits per heavy atom. The molecule has 0 unspecified atom stereocenters. The number of rotatable bonds is 4. The Kier molecular flexibility index (Phi) is 4.72. The first-order valence-electron chi connectivity index (χ1n) is 9.17. The van der Waals surface area contributed by atoms with Gasteiger partial charge in [0.15, 0.2) is 0 Å². The van der Waals surface area contributed by atoms with Gasteiger partial charge in [0.2, 0.25) is 0 Å². The first-order valence-corrected chi connectivity index (χ1v) is 10.6. The number of anilines is 2. The molecule has 3 aromatic carbocycles. The van der Waals surface area contributed by atoms with E-state index < -0.39 is 10.0 Å². The summed E-state index contributed by atoms with van der Waals surface area (Å²) < 4.78 is 27.4. The Balaban J connectivity index is 1.80. The van der Waals surface area contributed by atoms with Gasteiger partial charge in [0.1, 0.15) is 0 Å². The van der Waals surface area contributed by atoms with Crippen molar-refractivity contribution in [1.82, 2.24) is 0 Å². The topological polar surface area (TPSA) is 66.5 Å². The minimum atomic E-state index is -3.68. The van der Waals surface area contributed by atoms with Crippen LogP contribution in [0.3, 0.4) is 0 Å². The van der Waals surface area contributed by atoms with Crippen molar-refractivity contribution in [1.29, 1.82) is 0 Å². The maximum atomic E-state index is 13.0. The Morgan fingerprint density at radius 3 is 2.59 bits per heavy atom. The Morgan fingerprint density at radius 2 is 1.83 bits per heavy atom. The Hall–Kier alpha value is -3.38. The van der Waals surface area contributed by atoms with E-state index in [1.165, 1.54) is 4.31 Å². The summed E-state index contributed by atoms with van der Waals surface area (Å²) in [5, 5.41) is 2.90. The lowest BCUT2D eigenvalue weighted by Crippen LogP contribution is -2.34. The van der Waals surface area contributed by atoms with Crippen molar-refractivity contribution in [2.75, 3.05) is 16.2 Å². The van der Waals surface area contributed by atoms with E-state index in [1.807, 2.05) is 31.2 Å². The molecule has 0 bridgehead atoms. The summed E-state index contributed by atoms with van der Waals surface area (Å²) in [6, 6.07) is 19.5. The number of sulfonamides is 1. The fourth-order valence-electron chi connectivity index (χ4n) is 3.51. The molecule has 0 fully saturated rings. The summed E-state index contributed by atoms with van der Waals surface area (Å²) in [5.74, 6) is -0.250. The molecule has 0 atom stereocenters. The van der Waals surface area contributed by atoms with Crippen molar-refractivity contribution >= 4 is 27.3 Å². The second-order valence-electron chi connectivity index (χ2n) is 6.88. The van der Waals surface area contributed by atoms with Gasteiger partial charge in [0.05, 0.1) is 17.1 Å². The molecular weight excluding hydrogens is 384 g/mol. The molecule has 29 heavy (non-hydrogen) atoms. The maximum Gasteiger partial charge on any atom is 0.265 e. The van der Waals surface area contributed by atoms with Crippen LogP contribution >= 0.6 is 0 Å². The van der Waals surface area contributed by atoms with Gasteiger partial charge in [0.25, 0.3) is 15.9 Å². The number of nitrogens with zero attached hydrogens (tertiary/aromatic N) is 1. The van der Waals surface area contributed by atoms with Crippen LogP contribution in [0.4, 0.5) is 11.4 Å². The van der Waals surface area contributed by atoms with E-state index in [1.54, 1.807) is 48.5 Å². The van der Waals surface area contributed by atoms with Gasteiger partial charge < -0.3 is 5.32 Å². The number of carbonyl (C=O) groups is 1. The molecule has 0 saturated carbocycles. The van der Waals surface area contributed by atoms with E-state index in [0.717, 1.165) is 5.56 Å². The second-order valence-corrected chi connectivity index (χ2v) is 8.71. The van der Waals surface area contributed by atoms with Crippen LogP contribution in [0.5, 0.6) is 0 Å². The third-order valence-electron chi connectivity index (χ3n) is 4.84. The quantitative estimate of drug-likeness (QED) is 0.646. The number of fused-ring (bicyclic) bond motifs is 3. The third kappa shape index (κ3) is 3.32. The van der Waals surface area contributed by atoms with E-state index in [0.29, 0.717) is 28.1 Å². The van der Waals surface area contributed by atoms with Gasteiger partial charge in [-0.1, -0.05) is 36.4 Å². The maximum absolute atomic E-state index is 13.0. The van der Waals surface area contributed by atoms with Crippen LogP contribution in [0, 0.1) is 6.92 Å². The highest BCUT2D eigenvalue weighted by Gasteiger charge is 2.34. The van der Waals surface area contributed by atoms with E-state index in [2.05, 4.69) is 11.9 Å². The lowest BCUT2D eigenvalue weighted by molar-refractivity contribution is 0.102. The molecule has 146 valence electrons. The standard InChI is InChI=1S/C23H20N2O3S/c1-3-13-25-21-12-11-17(23(26)24-18-8-6-7-16(2)14-18)15-20(21)19-9-4-5-10-22(19)29(25,27)28/h3-12,14-15H,1,13H2,2H3,(H,24,26). The first kappa shape index (κ1) is 19.0. The molecule has 1 N–H and O–H groups in total. The summed E-state index contributed by atoms with van der Waals surface area (Å²) in [5.41, 5.74) is 4.05. The van der Waals surface area contributed by atoms with E-state index in [9.17, 15) is 13.2 Å². The predicted molar refractivity (Wildman–Crippen MR) is 116 cm³/mol. The van der Waals surface area contributed by atoms with Crippen molar-refractivity contribution in [3.05, 3.63) is 90.5 Å². The molecule has 0 spiro atoms. The van der Waals surface area contributed by atoms with Gasteiger partial charge in [0, 0.05) is 22.4 Å². The average Bonchev–Trinajstić information content (AvgIpc) is 2.71. The Labute approximate surface area is 170 Å². The molecule has 1 amide bonds. The molecule has 0 aromatic heterocycles. The van der Waals surface area contributed by atoms with Crippen molar-refractivity contribution < 1.29 is 13.2 Å². The van der Waals surface area contributed by atoms with Gasteiger partial charge in [-0.15, -0.1) is 6.58 Å². The normalized spacial score (nSPS) is 13.9. The summed E-state index contributed by atoms with van der Waals surface area (Å²) in [6.45, 7) is 5.79. The molecule has 3 aromatic rings. The number of hydrogen-bond donors (Lipinski definition) is 1. The summed E-state index contributed by atoms with van der Waals surface area (Å²) in [6.07, 6.45) is 1.55. The predicted octanol–water partition coefficient (Wildman–Crippen LogP) is 4.61. The lowest BCUT2D eigenvalue weighted by Gasteiger charge is -2.31. The average molecular weight is 404 g/mol. The van der Waals surface area contributed by atoms with Crippen LogP contribution in [-0.4, -0.2) is 20.9 Å². The summed E-state index contributed by atoms with van der Waals surface area (Å²) >= 11 is 0. The lowest BCUT2D eigenvalue weighted by atomic mass is 10.00. The van der Waals surface area contributed by atoms with Crippen LogP contribution in [0.25, 0.3) is 11.1 Å². The van der Waals surface area contributed by atoms with Crippen LogP contribution in [-0.2, 0) is 10.0 Å². The summed E-state index contributed by atoms with van der Waals surface area (Å²) in [7, 11) is -3.68. The fourth-order valence-corrected chi connectivity index (χ4v) is 5.18. The zero-order valence-electron chi connectivity index (χ0n) is 15.9. The van der Waals surface area contributed by atoms with Gasteiger partial charge in [-0.3, -0.25) is 9.10 Å². The van der Waals surface area contributed by atoms with Crippen molar-refractivity contribution in [2.45, 2.75) is 11.8 Å². The van der Waals surface area contributed by atoms with Crippen molar-refractivity contribution in [3.8, 4) is 11.1 Å². The number of benzene rings is 3. The third-order valence-corrected chi connectivity index (χ3v) is 6.68. The molecule has 4 rings (SSSR count). The largest absolute Gasteiger partial charge is 0.322 e. The van der Waals surface area contributed by atoms with Gasteiger partial charge in [-0.05, 0) is 48.9 Å². The number of hydrogen-bond acceptors (Lipinski definition) is 3. The number of carbonyl (C=O) groups excluding carboxylic acids is 1. The molecule has 1 aliphatic heterocycles. The number of aryl methyl sites for hydroxylation is 1. The molecule has 1 aliphatic rings. The number of amides is 1. The van der Waals surface area contributed by atoms with E-state index >= 15 is 0 Å². The SMILES string of the molecule is C=CCN1c2ccc(C(=O)Nc3cccc(C)c3)cc2-c2ccccc2S1(=O)=O. The first-order chi connectivity index (χ1) is 13.9. The number of nitrogens with one attached hydrogen (secondary N) is 1. The molecule has 0 saturated heterocycles.